The van der Waals surface area contributed by atoms with Crippen molar-refractivity contribution in [3.8, 4) is 0 Å². The van der Waals surface area contributed by atoms with Crippen LogP contribution in [0.3, 0.4) is 0 Å². The highest BCUT2D eigenvalue weighted by Gasteiger charge is 2.12. The number of rotatable bonds is 3. The first kappa shape index (κ1) is 13.2. The Kier molecular flexibility index (Phi) is 4.14. The minimum atomic E-state index is -0.146. The van der Waals surface area contributed by atoms with E-state index in [1.165, 1.54) is 11.3 Å². The molecule has 0 unspecified atom stereocenters. The number of hydrogen-bond acceptors (Lipinski definition) is 3. The summed E-state index contributed by atoms with van der Waals surface area (Å²) >= 11 is 4.87. The van der Waals surface area contributed by atoms with Crippen molar-refractivity contribution in [1.29, 1.82) is 0 Å². The second-order valence-electron chi connectivity index (χ2n) is 4.16. The molecule has 1 heterocycles. The summed E-state index contributed by atoms with van der Waals surface area (Å²) in [6.07, 6.45) is 1.81. The van der Waals surface area contributed by atoms with Crippen molar-refractivity contribution in [1.82, 2.24) is 4.98 Å². The van der Waals surface area contributed by atoms with Gasteiger partial charge >= 0.3 is 0 Å². The first-order valence-electron chi connectivity index (χ1n) is 5.59. The topological polar surface area (TPSA) is 42.0 Å². The average Bonchev–Trinajstić information content (AvgIpc) is 2.78. The van der Waals surface area contributed by atoms with E-state index < -0.39 is 0 Å². The number of thiazole rings is 1. The largest absolute Gasteiger partial charge is 0.298 e. The van der Waals surface area contributed by atoms with Gasteiger partial charge in [-0.3, -0.25) is 10.1 Å². The van der Waals surface area contributed by atoms with E-state index in [0.29, 0.717) is 16.6 Å². The Morgan fingerprint density at radius 3 is 2.72 bits per heavy atom. The normalized spacial score (nSPS) is 10.7. The number of benzene rings is 1. The maximum Gasteiger partial charge on any atom is 0.258 e. The molecule has 2 rings (SSSR count). The van der Waals surface area contributed by atoms with E-state index in [1.54, 1.807) is 6.07 Å². The molecule has 0 aliphatic heterocycles. The molecule has 0 bridgehead atoms. The van der Waals surface area contributed by atoms with Crippen molar-refractivity contribution in [2.24, 2.45) is 0 Å². The van der Waals surface area contributed by atoms with Crippen molar-refractivity contribution in [2.45, 2.75) is 19.8 Å². The van der Waals surface area contributed by atoms with Crippen LogP contribution in [0.4, 0.5) is 5.13 Å². The Morgan fingerprint density at radius 1 is 1.39 bits per heavy atom. The van der Waals surface area contributed by atoms with E-state index in [1.807, 2.05) is 24.4 Å². The van der Waals surface area contributed by atoms with E-state index >= 15 is 0 Å². The number of halogens is 1. The Bertz CT molecular complexity index is 566. The summed E-state index contributed by atoms with van der Waals surface area (Å²) in [7, 11) is 0. The Balaban J connectivity index is 2.14. The first-order valence-corrected chi connectivity index (χ1v) is 7.20. The highest BCUT2D eigenvalue weighted by Crippen LogP contribution is 2.26. The standard InChI is InChI=1S/C13H13BrN2OS/c1-8(2)11-7-15-13(18-11)16-12(17)9-5-3-4-6-10(9)14/h3-8H,1-2H3,(H,15,16,17). The second kappa shape index (κ2) is 5.63. The van der Waals surface area contributed by atoms with Gasteiger partial charge in [0.25, 0.3) is 5.91 Å². The van der Waals surface area contributed by atoms with Gasteiger partial charge in [0.2, 0.25) is 0 Å². The number of aromatic nitrogens is 1. The molecule has 94 valence electrons. The molecule has 0 spiro atoms. The van der Waals surface area contributed by atoms with E-state index in [2.05, 4.69) is 40.1 Å². The number of hydrogen-bond donors (Lipinski definition) is 1. The van der Waals surface area contributed by atoms with Gasteiger partial charge in [-0.1, -0.05) is 26.0 Å². The first-order chi connectivity index (χ1) is 8.58. The lowest BCUT2D eigenvalue weighted by Crippen LogP contribution is -2.12. The van der Waals surface area contributed by atoms with Crippen LogP contribution in [0, 0.1) is 0 Å². The van der Waals surface area contributed by atoms with Crippen LogP contribution in [0.2, 0.25) is 0 Å². The molecule has 1 N–H and O–H groups in total. The maximum atomic E-state index is 12.0. The number of nitrogens with zero attached hydrogens (tertiary/aromatic N) is 1. The molecule has 0 aliphatic carbocycles. The Hall–Kier alpha value is -1.20. The predicted octanol–water partition coefficient (Wildman–Crippen LogP) is 4.28. The zero-order valence-electron chi connectivity index (χ0n) is 10.1. The van der Waals surface area contributed by atoms with E-state index in [4.69, 9.17) is 0 Å². The number of nitrogens with one attached hydrogen (secondary N) is 1. The highest BCUT2D eigenvalue weighted by molar-refractivity contribution is 9.10. The van der Waals surface area contributed by atoms with Gasteiger partial charge < -0.3 is 0 Å². The summed E-state index contributed by atoms with van der Waals surface area (Å²) in [4.78, 5) is 17.4. The van der Waals surface area contributed by atoms with Crippen molar-refractivity contribution in [3.63, 3.8) is 0 Å². The highest BCUT2D eigenvalue weighted by atomic mass is 79.9. The molecule has 3 nitrogen and oxygen atoms in total. The molecule has 1 aromatic carbocycles. The summed E-state index contributed by atoms with van der Waals surface area (Å²) in [6.45, 7) is 4.21. The van der Waals surface area contributed by atoms with E-state index in [-0.39, 0.29) is 5.91 Å². The van der Waals surface area contributed by atoms with Crippen LogP contribution in [0.1, 0.15) is 35.0 Å². The smallest absolute Gasteiger partial charge is 0.258 e. The Labute approximate surface area is 118 Å². The maximum absolute atomic E-state index is 12.0. The van der Waals surface area contributed by atoms with Crippen LogP contribution in [-0.2, 0) is 0 Å². The Morgan fingerprint density at radius 2 is 2.11 bits per heavy atom. The van der Waals surface area contributed by atoms with Gasteiger partial charge in [0, 0.05) is 15.5 Å². The molecule has 0 fully saturated rings. The van der Waals surface area contributed by atoms with Crippen LogP contribution in [0.25, 0.3) is 0 Å². The summed E-state index contributed by atoms with van der Waals surface area (Å²) < 4.78 is 0.781. The molecular weight excluding hydrogens is 312 g/mol. The molecule has 0 saturated carbocycles. The van der Waals surface area contributed by atoms with Crippen molar-refractivity contribution < 1.29 is 4.79 Å². The summed E-state index contributed by atoms with van der Waals surface area (Å²) in [5.74, 6) is 0.281. The van der Waals surface area contributed by atoms with E-state index in [9.17, 15) is 4.79 Å². The lowest BCUT2D eigenvalue weighted by molar-refractivity contribution is 0.102. The number of amides is 1. The second-order valence-corrected chi connectivity index (χ2v) is 6.07. The SMILES string of the molecule is CC(C)c1cnc(NC(=O)c2ccccc2Br)s1. The number of carbonyl (C=O) groups is 1. The molecule has 2 aromatic rings. The molecule has 0 saturated heterocycles. The molecule has 0 atom stereocenters. The fourth-order valence-corrected chi connectivity index (χ4v) is 2.70. The van der Waals surface area contributed by atoms with Gasteiger partial charge in [0.05, 0.1) is 5.56 Å². The minimum Gasteiger partial charge on any atom is -0.298 e. The predicted molar refractivity (Wildman–Crippen MR) is 78.3 cm³/mol. The van der Waals surface area contributed by atoms with Gasteiger partial charge in [-0.2, -0.15) is 0 Å². The van der Waals surface area contributed by atoms with Gasteiger partial charge in [-0.05, 0) is 34.0 Å². The summed E-state index contributed by atoms with van der Waals surface area (Å²) in [5, 5.41) is 3.45. The molecule has 0 radical (unpaired) electrons. The third kappa shape index (κ3) is 2.97. The van der Waals surface area contributed by atoms with Crippen LogP contribution in [0.5, 0.6) is 0 Å². The fraction of sp³-hybridized carbons (Fsp3) is 0.231. The monoisotopic (exact) mass is 324 g/mol. The summed E-state index contributed by atoms with van der Waals surface area (Å²) in [6, 6.07) is 7.33. The zero-order chi connectivity index (χ0) is 13.1. The van der Waals surface area contributed by atoms with Crippen molar-refractivity contribution in [3.05, 3.63) is 45.4 Å². The molecule has 5 heteroatoms. The zero-order valence-corrected chi connectivity index (χ0v) is 12.5. The third-order valence-electron chi connectivity index (χ3n) is 2.43. The van der Waals surface area contributed by atoms with Crippen molar-refractivity contribution in [2.75, 3.05) is 5.32 Å². The van der Waals surface area contributed by atoms with Crippen LogP contribution in [-0.4, -0.2) is 10.9 Å². The van der Waals surface area contributed by atoms with Crippen LogP contribution in [0.15, 0.2) is 34.9 Å². The van der Waals surface area contributed by atoms with Gasteiger partial charge in [0.1, 0.15) is 0 Å². The van der Waals surface area contributed by atoms with E-state index in [0.717, 1.165) is 9.35 Å². The third-order valence-corrected chi connectivity index (χ3v) is 4.34. The average molecular weight is 325 g/mol. The van der Waals surface area contributed by atoms with Gasteiger partial charge in [-0.15, -0.1) is 11.3 Å². The fourth-order valence-electron chi connectivity index (χ4n) is 1.42. The number of carbonyl (C=O) groups excluding carboxylic acids is 1. The molecule has 0 aliphatic rings. The van der Waals surface area contributed by atoms with Gasteiger partial charge in [0.15, 0.2) is 5.13 Å². The van der Waals surface area contributed by atoms with Crippen LogP contribution < -0.4 is 5.32 Å². The summed E-state index contributed by atoms with van der Waals surface area (Å²) in [5.41, 5.74) is 0.610. The van der Waals surface area contributed by atoms with Crippen molar-refractivity contribution >= 4 is 38.3 Å². The molecule has 18 heavy (non-hydrogen) atoms. The van der Waals surface area contributed by atoms with Gasteiger partial charge in [-0.25, -0.2) is 4.98 Å². The lowest BCUT2D eigenvalue weighted by atomic mass is 10.2. The molecular formula is C13H13BrN2OS. The number of anilines is 1. The molecule has 1 aromatic heterocycles. The lowest BCUT2D eigenvalue weighted by Gasteiger charge is -2.03. The van der Waals surface area contributed by atoms with Crippen LogP contribution >= 0.6 is 27.3 Å². The molecule has 1 amide bonds. The minimum absolute atomic E-state index is 0.146. The quantitative estimate of drug-likeness (QED) is 0.915.